The van der Waals surface area contributed by atoms with Crippen molar-refractivity contribution in [2.24, 2.45) is 10.8 Å². The lowest BCUT2D eigenvalue weighted by molar-refractivity contribution is 0.170. The topological polar surface area (TPSA) is 26.3 Å². The summed E-state index contributed by atoms with van der Waals surface area (Å²) < 4.78 is 19.1. The molecular weight excluding hydrogens is 298 g/mol. The van der Waals surface area contributed by atoms with Gasteiger partial charge in [-0.3, -0.25) is 0 Å². The van der Waals surface area contributed by atoms with E-state index in [1.807, 2.05) is 0 Å². The van der Waals surface area contributed by atoms with Crippen molar-refractivity contribution in [3.05, 3.63) is 0 Å². The quantitative estimate of drug-likeness (QED) is 0.609. The zero-order chi connectivity index (χ0) is 15.6. The number of hydrogen-bond acceptors (Lipinski definition) is 2. The summed E-state index contributed by atoms with van der Waals surface area (Å²) in [4.78, 5) is 0. The maximum atomic E-state index is 13.1. The number of rotatable bonds is 4. The molecule has 0 amide bonds. The molecule has 2 atom stereocenters. The average molecular weight is 332 g/mol. The maximum absolute atomic E-state index is 13.1. The summed E-state index contributed by atoms with van der Waals surface area (Å²) in [6.07, 6.45) is 11.4. The molecule has 2 nitrogen and oxygen atoms in total. The van der Waals surface area contributed by atoms with Crippen molar-refractivity contribution in [1.29, 1.82) is 0 Å². The van der Waals surface area contributed by atoms with Crippen LogP contribution in [0, 0.1) is 10.8 Å². The summed E-state index contributed by atoms with van der Waals surface area (Å²) >= 11 is 0. The lowest BCUT2D eigenvalue weighted by atomic mass is 9.86. The van der Waals surface area contributed by atoms with Gasteiger partial charge in [-0.25, -0.2) is 0 Å². The molecule has 0 spiro atoms. The zero-order valence-electron chi connectivity index (χ0n) is 14.5. The highest BCUT2D eigenvalue weighted by atomic mass is 31.2. The van der Waals surface area contributed by atoms with Crippen molar-refractivity contribution < 1.29 is 9.09 Å². The number of hydrogen-bond donors (Lipinski definition) is 0. The molecule has 124 valence electrons. The van der Waals surface area contributed by atoms with Crippen LogP contribution >= 0.6 is 15.3 Å². The molecule has 0 aromatic carbocycles. The van der Waals surface area contributed by atoms with Crippen LogP contribution in [0.15, 0.2) is 0 Å². The smallest absolute Gasteiger partial charge is 0.0878 e. The molecule has 2 rings (SSSR count). The Bertz CT molecular complexity index is 380. The first-order valence-corrected chi connectivity index (χ1v) is 12.5. The second-order valence-electron chi connectivity index (χ2n) is 8.72. The molecule has 2 aliphatic heterocycles. The average Bonchev–Trinajstić information content (AvgIpc) is 2.51. The second kappa shape index (κ2) is 7.02. The van der Waals surface area contributed by atoms with Crippen LogP contribution in [0.4, 0.5) is 0 Å². The zero-order valence-corrected chi connectivity index (χ0v) is 16.3. The third kappa shape index (κ3) is 5.96. The molecule has 0 saturated carbocycles. The van der Waals surface area contributed by atoms with Crippen LogP contribution in [0.2, 0.25) is 0 Å². The summed E-state index contributed by atoms with van der Waals surface area (Å²) in [5.74, 6) is 0. The predicted molar refractivity (Wildman–Crippen MR) is 95.5 cm³/mol. The summed E-state index contributed by atoms with van der Waals surface area (Å²) in [5, 5.41) is 0. The fourth-order valence-electron chi connectivity index (χ4n) is 3.35. The van der Waals surface area contributed by atoms with E-state index in [0.29, 0.717) is 10.8 Å². The Kier molecular flexibility index (Phi) is 6.01. The van der Waals surface area contributed by atoms with E-state index in [1.165, 1.54) is 31.6 Å². The molecule has 4 heteroatoms. The van der Waals surface area contributed by atoms with Gasteiger partial charge >= 0.3 is 0 Å². The normalized spacial score (nSPS) is 36.1. The maximum Gasteiger partial charge on any atom is 0.0878 e. The SMILES string of the molecule is CC1(C)CCCP(=O)(CCCP2CCC(C)(C)CO2)CC1. The molecule has 2 saturated heterocycles. The first-order chi connectivity index (χ1) is 9.70. The van der Waals surface area contributed by atoms with E-state index in [1.54, 1.807) is 0 Å². The van der Waals surface area contributed by atoms with E-state index < -0.39 is 7.14 Å². The van der Waals surface area contributed by atoms with Gasteiger partial charge < -0.3 is 9.09 Å². The fourth-order valence-corrected chi connectivity index (χ4v) is 9.14. The Balaban J connectivity index is 1.72. The Morgan fingerprint density at radius 2 is 1.81 bits per heavy atom. The summed E-state index contributed by atoms with van der Waals surface area (Å²) in [7, 11) is -2.10. The van der Waals surface area contributed by atoms with Gasteiger partial charge in [-0.1, -0.05) is 27.7 Å². The van der Waals surface area contributed by atoms with Gasteiger partial charge in [0.15, 0.2) is 0 Å². The second-order valence-corrected chi connectivity index (χ2v) is 14.3. The Labute approximate surface area is 133 Å². The van der Waals surface area contributed by atoms with Gasteiger partial charge in [-0.15, -0.1) is 0 Å². The third-order valence-corrected chi connectivity index (χ3v) is 10.6. The van der Waals surface area contributed by atoms with Crippen LogP contribution in [0.5, 0.6) is 0 Å². The van der Waals surface area contributed by atoms with Gasteiger partial charge in [0, 0.05) is 26.6 Å². The molecule has 0 aromatic heterocycles. The van der Waals surface area contributed by atoms with Crippen LogP contribution in [0.1, 0.15) is 59.8 Å². The molecular formula is C17H34O2P2. The summed E-state index contributed by atoms with van der Waals surface area (Å²) in [6.45, 7) is 10.2. The van der Waals surface area contributed by atoms with E-state index in [0.717, 1.165) is 37.9 Å². The highest BCUT2D eigenvalue weighted by molar-refractivity contribution is 7.64. The van der Waals surface area contributed by atoms with Crippen LogP contribution in [-0.2, 0) is 9.09 Å². The Morgan fingerprint density at radius 3 is 2.48 bits per heavy atom. The van der Waals surface area contributed by atoms with Crippen LogP contribution in [0.25, 0.3) is 0 Å². The lowest BCUT2D eigenvalue weighted by Gasteiger charge is -2.34. The van der Waals surface area contributed by atoms with E-state index in [4.69, 9.17) is 4.52 Å². The van der Waals surface area contributed by atoms with Gasteiger partial charge in [0.25, 0.3) is 0 Å². The lowest BCUT2D eigenvalue weighted by Crippen LogP contribution is -2.24. The van der Waals surface area contributed by atoms with Crippen molar-refractivity contribution in [1.82, 2.24) is 0 Å². The minimum Gasteiger partial charge on any atom is -0.359 e. The third-order valence-electron chi connectivity index (χ3n) is 5.26. The molecule has 2 unspecified atom stereocenters. The molecule has 0 bridgehead atoms. The minimum atomic E-state index is -1.88. The molecule has 0 aromatic rings. The first-order valence-electron chi connectivity index (χ1n) is 8.65. The van der Waals surface area contributed by atoms with Crippen molar-refractivity contribution in [3.63, 3.8) is 0 Å². The highest BCUT2D eigenvalue weighted by Crippen LogP contribution is 2.54. The molecule has 2 fully saturated rings. The van der Waals surface area contributed by atoms with Gasteiger partial charge in [-0.2, -0.15) is 0 Å². The predicted octanol–water partition coefficient (Wildman–Crippen LogP) is 5.79. The summed E-state index contributed by atoms with van der Waals surface area (Å²) in [6, 6.07) is 0. The first kappa shape index (κ1) is 18.0. The monoisotopic (exact) mass is 332 g/mol. The van der Waals surface area contributed by atoms with Gasteiger partial charge in [0.05, 0.1) is 13.7 Å². The van der Waals surface area contributed by atoms with Crippen LogP contribution in [-0.4, -0.2) is 37.4 Å². The van der Waals surface area contributed by atoms with Crippen molar-refractivity contribution in [2.45, 2.75) is 59.8 Å². The molecule has 21 heavy (non-hydrogen) atoms. The molecule has 0 radical (unpaired) electrons. The van der Waals surface area contributed by atoms with Crippen LogP contribution in [0.3, 0.4) is 0 Å². The van der Waals surface area contributed by atoms with E-state index in [9.17, 15) is 4.57 Å². The largest absolute Gasteiger partial charge is 0.359 e. The summed E-state index contributed by atoms with van der Waals surface area (Å²) in [5.41, 5.74) is 0.784. The molecule has 0 N–H and O–H groups in total. The molecule has 0 aliphatic carbocycles. The minimum absolute atomic E-state index is 0.226. The fraction of sp³-hybridized carbons (Fsp3) is 1.00. The van der Waals surface area contributed by atoms with Crippen molar-refractivity contribution >= 4 is 15.3 Å². The Hall–Kier alpha value is 0.620. The van der Waals surface area contributed by atoms with Gasteiger partial charge in [-0.05, 0) is 55.3 Å². The Morgan fingerprint density at radius 1 is 1.05 bits per heavy atom. The van der Waals surface area contributed by atoms with Crippen LogP contribution < -0.4 is 0 Å². The van der Waals surface area contributed by atoms with Gasteiger partial charge in [0.1, 0.15) is 0 Å². The highest BCUT2D eigenvalue weighted by Gasteiger charge is 2.31. The van der Waals surface area contributed by atoms with Gasteiger partial charge in [0.2, 0.25) is 0 Å². The van der Waals surface area contributed by atoms with Crippen molar-refractivity contribution in [2.75, 3.05) is 37.4 Å². The molecule has 2 heterocycles. The molecule has 2 aliphatic rings. The van der Waals surface area contributed by atoms with E-state index >= 15 is 0 Å². The standard InChI is InChI=1S/C17H34O2P2/c1-16(2)7-5-12-21(18,14-9-16)13-6-10-20-11-8-17(3,4)15-19-20/h5-15H2,1-4H3. The van der Waals surface area contributed by atoms with E-state index in [-0.39, 0.29) is 8.15 Å². The van der Waals surface area contributed by atoms with Crippen molar-refractivity contribution in [3.8, 4) is 0 Å². The van der Waals surface area contributed by atoms with E-state index in [2.05, 4.69) is 27.7 Å².